The van der Waals surface area contributed by atoms with Gasteiger partial charge in [-0.25, -0.2) is 0 Å². The van der Waals surface area contributed by atoms with Crippen LogP contribution in [-0.2, 0) is 4.79 Å². The Bertz CT molecular complexity index is 404. The SMILES string of the molecule is CCCCCNC(=O)CCN(CC)c1cccc(C)c1. The van der Waals surface area contributed by atoms with E-state index in [9.17, 15) is 4.79 Å². The van der Waals surface area contributed by atoms with Crippen LogP contribution in [0.5, 0.6) is 0 Å². The molecule has 20 heavy (non-hydrogen) atoms. The molecule has 0 aliphatic heterocycles. The fourth-order valence-electron chi connectivity index (χ4n) is 2.22. The highest BCUT2D eigenvalue weighted by Gasteiger charge is 2.07. The average molecular weight is 276 g/mol. The molecule has 0 saturated carbocycles. The Balaban J connectivity index is 2.36. The Labute approximate surface area is 123 Å². The summed E-state index contributed by atoms with van der Waals surface area (Å²) in [6.07, 6.45) is 4.02. The normalized spacial score (nSPS) is 10.3. The van der Waals surface area contributed by atoms with Gasteiger partial charge in [-0.15, -0.1) is 0 Å². The number of carbonyl (C=O) groups is 1. The van der Waals surface area contributed by atoms with E-state index >= 15 is 0 Å². The highest BCUT2D eigenvalue weighted by Crippen LogP contribution is 2.15. The second kappa shape index (κ2) is 9.40. The van der Waals surface area contributed by atoms with Crippen LogP contribution in [0.2, 0.25) is 0 Å². The molecule has 3 nitrogen and oxygen atoms in total. The summed E-state index contributed by atoms with van der Waals surface area (Å²) in [5, 5.41) is 2.99. The lowest BCUT2D eigenvalue weighted by Crippen LogP contribution is -2.31. The number of aryl methyl sites for hydroxylation is 1. The van der Waals surface area contributed by atoms with Gasteiger partial charge < -0.3 is 10.2 Å². The van der Waals surface area contributed by atoms with Gasteiger partial charge in [0.2, 0.25) is 5.91 Å². The first-order valence-electron chi connectivity index (χ1n) is 7.75. The highest BCUT2D eigenvalue weighted by molar-refractivity contribution is 5.76. The quantitative estimate of drug-likeness (QED) is 0.700. The molecule has 0 aliphatic rings. The smallest absolute Gasteiger partial charge is 0.221 e. The maximum absolute atomic E-state index is 11.8. The van der Waals surface area contributed by atoms with Crippen LogP contribution in [0.25, 0.3) is 0 Å². The fourth-order valence-corrected chi connectivity index (χ4v) is 2.22. The van der Waals surface area contributed by atoms with Crippen molar-refractivity contribution >= 4 is 11.6 Å². The molecule has 0 spiro atoms. The third kappa shape index (κ3) is 6.09. The zero-order chi connectivity index (χ0) is 14.8. The molecule has 1 amide bonds. The van der Waals surface area contributed by atoms with E-state index in [4.69, 9.17) is 0 Å². The predicted molar refractivity (Wildman–Crippen MR) is 86.2 cm³/mol. The predicted octanol–water partition coefficient (Wildman–Crippen LogP) is 3.52. The van der Waals surface area contributed by atoms with Crippen molar-refractivity contribution in [1.82, 2.24) is 5.32 Å². The summed E-state index contributed by atoms with van der Waals surface area (Å²) in [4.78, 5) is 14.0. The molecule has 1 N–H and O–H groups in total. The van der Waals surface area contributed by atoms with Crippen LogP contribution in [0, 0.1) is 6.92 Å². The van der Waals surface area contributed by atoms with Crippen molar-refractivity contribution in [1.29, 1.82) is 0 Å². The van der Waals surface area contributed by atoms with Gasteiger partial charge in [0.05, 0.1) is 0 Å². The van der Waals surface area contributed by atoms with Crippen molar-refractivity contribution in [2.45, 2.75) is 46.5 Å². The number of rotatable bonds is 9. The van der Waals surface area contributed by atoms with Crippen molar-refractivity contribution in [2.75, 3.05) is 24.5 Å². The number of unbranched alkanes of at least 4 members (excludes halogenated alkanes) is 2. The summed E-state index contributed by atoms with van der Waals surface area (Å²) in [7, 11) is 0. The summed E-state index contributed by atoms with van der Waals surface area (Å²) < 4.78 is 0. The maximum Gasteiger partial charge on any atom is 0.221 e. The van der Waals surface area contributed by atoms with E-state index in [0.717, 1.165) is 26.1 Å². The molecule has 1 aromatic carbocycles. The van der Waals surface area contributed by atoms with E-state index in [2.05, 4.69) is 55.3 Å². The first kappa shape index (κ1) is 16.5. The summed E-state index contributed by atoms with van der Waals surface area (Å²) in [6.45, 7) is 8.90. The van der Waals surface area contributed by atoms with E-state index in [0.29, 0.717) is 6.42 Å². The van der Waals surface area contributed by atoms with Gasteiger partial charge in [-0.1, -0.05) is 31.9 Å². The van der Waals surface area contributed by atoms with Gasteiger partial charge in [-0.05, 0) is 38.0 Å². The molecule has 0 saturated heterocycles. The minimum atomic E-state index is 0.159. The number of benzene rings is 1. The van der Waals surface area contributed by atoms with Gasteiger partial charge in [0.1, 0.15) is 0 Å². The summed E-state index contributed by atoms with van der Waals surface area (Å²) >= 11 is 0. The largest absolute Gasteiger partial charge is 0.371 e. The van der Waals surface area contributed by atoms with Gasteiger partial charge in [-0.3, -0.25) is 4.79 Å². The number of nitrogens with one attached hydrogen (secondary N) is 1. The standard InChI is InChI=1S/C17H28N2O/c1-4-6-7-12-18-17(20)11-13-19(5-2)16-10-8-9-15(3)14-16/h8-10,14H,4-7,11-13H2,1-3H3,(H,18,20). The van der Waals surface area contributed by atoms with Crippen LogP contribution >= 0.6 is 0 Å². The van der Waals surface area contributed by atoms with Gasteiger partial charge in [0, 0.05) is 31.7 Å². The summed E-state index contributed by atoms with van der Waals surface area (Å²) in [5.74, 6) is 0.159. The molecule has 0 radical (unpaired) electrons. The zero-order valence-corrected chi connectivity index (χ0v) is 13.1. The van der Waals surface area contributed by atoms with Crippen LogP contribution in [0.4, 0.5) is 5.69 Å². The number of anilines is 1. The van der Waals surface area contributed by atoms with Crippen molar-refractivity contribution in [3.8, 4) is 0 Å². The topological polar surface area (TPSA) is 32.3 Å². The minimum Gasteiger partial charge on any atom is -0.371 e. The summed E-state index contributed by atoms with van der Waals surface area (Å²) in [5.41, 5.74) is 2.45. The number of carbonyl (C=O) groups excluding carboxylic acids is 1. The van der Waals surface area contributed by atoms with Crippen molar-refractivity contribution in [2.24, 2.45) is 0 Å². The van der Waals surface area contributed by atoms with Gasteiger partial charge in [0.15, 0.2) is 0 Å². The Morgan fingerprint density at radius 1 is 1.25 bits per heavy atom. The van der Waals surface area contributed by atoms with Crippen LogP contribution in [0.15, 0.2) is 24.3 Å². The molecule has 0 atom stereocenters. The number of hydrogen-bond donors (Lipinski definition) is 1. The van der Waals surface area contributed by atoms with Crippen molar-refractivity contribution in [3.05, 3.63) is 29.8 Å². The third-order valence-electron chi connectivity index (χ3n) is 3.46. The highest BCUT2D eigenvalue weighted by atomic mass is 16.1. The molecule has 112 valence electrons. The molecule has 0 fully saturated rings. The lowest BCUT2D eigenvalue weighted by atomic mass is 10.2. The van der Waals surface area contributed by atoms with E-state index in [1.807, 2.05) is 0 Å². The molecular weight excluding hydrogens is 248 g/mol. The van der Waals surface area contributed by atoms with Crippen molar-refractivity contribution < 1.29 is 4.79 Å². The molecule has 0 bridgehead atoms. The monoisotopic (exact) mass is 276 g/mol. The average Bonchev–Trinajstić information content (AvgIpc) is 2.44. The molecule has 1 aromatic rings. The Hall–Kier alpha value is -1.51. The first-order chi connectivity index (χ1) is 9.67. The molecule has 0 aliphatic carbocycles. The lowest BCUT2D eigenvalue weighted by molar-refractivity contribution is -0.120. The minimum absolute atomic E-state index is 0.159. The molecule has 0 aromatic heterocycles. The van der Waals surface area contributed by atoms with E-state index in [-0.39, 0.29) is 5.91 Å². The molecule has 1 rings (SSSR count). The molecule has 0 heterocycles. The fraction of sp³-hybridized carbons (Fsp3) is 0.588. The number of hydrogen-bond acceptors (Lipinski definition) is 2. The first-order valence-corrected chi connectivity index (χ1v) is 7.75. The molecular formula is C17H28N2O. The van der Waals surface area contributed by atoms with Crippen LogP contribution < -0.4 is 10.2 Å². The second-order valence-corrected chi connectivity index (χ2v) is 5.23. The lowest BCUT2D eigenvalue weighted by Gasteiger charge is -2.23. The maximum atomic E-state index is 11.8. The third-order valence-corrected chi connectivity index (χ3v) is 3.46. The van der Waals surface area contributed by atoms with Crippen LogP contribution in [0.3, 0.4) is 0 Å². The van der Waals surface area contributed by atoms with Crippen LogP contribution in [0.1, 0.15) is 45.1 Å². The number of amides is 1. The Morgan fingerprint density at radius 3 is 2.70 bits per heavy atom. The van der Waals surface area contributed by atoms with Crippen LogP contribution in [-0.4, -0.2) is 25.5 Å². The van der Waals surface area contributed by atoms with Crippen molar-refractivity contribution in [3.63, 3.8) is 0 Å². The molecule has 0 unspecified atom stereocenters. The number of nitrogens with zero attached hydrogens (tertiary/aromatic N) is 1. The summed E-state index contributed by atoms with van der Waals surface area (Å²) in [6, 6.07) is 8.44. The van der Waals surface area contributed by atoms with Gasteiger partial charge >= 0.3 is 0 Å². The zero-order valence-electron chi connectivity index (χ0n) is 13.1. The Morgan fingerprint density at radius 2 is 2.05 bits per heavy atom. The van der Waals surface area contributed by atoms with E-state index < -0.39 is 0 Å². The Kier molecular flexibility index (Phi) is 7.78. The van der Waals surface area contributed by atoms with Gasteiger partial charge in [0.25, 0.3) is 0 Å². The molecule has 3 heteroatoms. The van der Waals surface area contributed by atoms with E-state index in [1.165, 1.54) is 24.1 Å². The second-order valence-electron chi connectivity index (χ2n) is 5.23. The van der Waals surface area contributed by atoms with Gasteiger partial charge in [-0.2, -0.15) is 0 Å². The van der Waals surface area contributed by atoms with E-state index in [1.54, 1.807) is 0 Å².